The maximum Gasteiger partial charge on any atom is 0.258 e. The average Bonchev–Trinajstić information content (AvgIpc) is 3.29. The molecule has 1 atom stereocenters. The van der Waals surface area contributed by atoms with E-state index in [0.717, 1.165) is 59.5 Å². The van der Waals surface area contributed by atoms with E-state index >= 15 is 0 Å². The maximum absolute atomic E-state index is 7.07. The van der Waals surface area contributed by atoms with Crippen LogP contribution in [-0.2, 0) is 5.60 Å². The van der Waals surface area contributed by atoms with Crippen LogP contribution in [-0.4, -0.2) is 60.3 Å². The predicted octanol–water partition coefficient (Wildman–Crippen LogP) is 3.81. The number of likely N-dealkylation sites (N-methyl/N-ethyl adjacent to an activating group) is 1. The number of piperidine rings is 1. The van der Waals surface area contributed by atoms with E-state index in [1.807, 2.05) is 50.3 Å². The molecule has 9 nitrogen and oxygen atoms in total. The molecule has 3 aliphatic heterocycles. The number of aromatic nitrogens is 2. The molecule has 10 heteroatoms. The first-order valence-corrected chi connectivity index (χ1v) is 12.9. The third kappa shape index (κ3) is 3.67. The van der Waals surface area contributed by atoms with Gasteiger partial charge in [-0.2, -0.15) is 0 Å². The first kappa shape index (κ1) is 24.1. The number of pyridine rings is 2. The molecule has 0 bridgehead atoms. The van der Waals surface area contributed by atoms with Gasteiger partial charge >= 0.3 is 0 Å². The van der Waals surface area contributed by atoms with Gasteiger partial charge in [0.25, 0.3) is 5.88 Å². The Balaban J connectivity index is 1.51. The lowest BCUT2D eigenvalue weighted by Crippen LogP contribution is -2.50. The van der Waals surface area contributed by atoms with Gasteiger partial charge < -0.3 is 24.5 Å². The molecule has 2 aromatic heterocycles. The molecule has 3 aromatic rings. The number of hydrogen-bond acceptors (Lipinski definition) is 9. The second-order valence-electron chi connectivity index (χ2n) is 9.93. The number of ether oxygens (including phenoxy) is 3. The van der Waals surface area contributed by atoms with E-state index in [0.29, 0.717) is 27.9 Å². The van der Waals surface area contributed by atoms with E-state index in [4.69, 9.17) is 35.8 Å². The highest BCUT2D eigenvalue weighted by atomic mass is 35.5. The molecule has 1 saturated heterocycles. The van der Waals surface area contributed by atoms with E-state index in [1.165, 1.54) is 0 Å². The Bertz CT molecular complexity index is 1420. The van der Waals surface area contributed by atoms with Crippen molar-refractivity contribution in [3.8, 4) is 17.4 Å². The van der Waals surface area contributed by atoms with Gasteiger partial charge in [-0.05, 0) is 51.9 Å². The van der Waals surface area contributed by atoms with Crippen molar-refractivity contribution in [2.24, 2.45) is 0 Å². The number of aryl methyl sites for hydroxylation is 2. The van der Waals surface area contributed by atoms with Crippen LogP contribution in [0.2, 0.25) is 5.02 Å². The summed E-state index contributed by atoms with van der Waals surface area (Å²) in [5, 5.41) is 3.09. The fourth-order valence-electron chi connectivity index (χ4n) is 5.58. The van der Waals surface area contributed by atoms with Gasteiger partial charge in [-0.1, -0.05) is 17.7 Å². The number of methoxy groups -OCH3 is 1. The van der Waals surface area contributed by atoms with Crippen LogP contribution in [0.1, 0.15) is 35.4 Å². The molecule has 0 saturated carbocycles. The van der Waals surface area contributed by atoms with Crippen molar-refractivity contribution in [1.82, 2.24) is 30.8 Å². The SMILES string of the molecule is COc1nc2ccc3c(c2c(Cl)c1OC1CCN(C)CC1)OC3(C1=CNNN1C)c1ccc(C)nc1C. The lowest BCUT2D eigenvalue weighted by Gasteiger charge is -2.47. The van der Waals surface area contributed by atoms with Crippen molar-refractivity contribution in [3.05, 3.63) is 63.7 Å². The molecular formula is C27H31ClN6O3. The van der Waals surface area contributed by atoms with Crippen molar-refractivity contribution in [2.45, 2.75) is 38.4 Å². The molecule has 5 heterocycles. The van der Waals surface area contributed by atoms with Gasteiger partial charge in [-0.25, -0.2) is 4.98 Å². The standard InChI is InChI=1S/C27H31ClN6O3/c1-15-6-7-18(16(2)30-15)27(21-14-29-32-34(21)4)19-8-9-20-22(24(19)37-27)23(28)25(26(31-20)35-5)36-17-10-12-33(3)13-11-17/h6-9,14,17,29,32H,10-13H2,1-5H3. The molecule has 0 radical (unpaired) electrons. The summed E-state index contributed by atoms with van der Waals surface area (Å²) in [5.74, 6) is 1.54. The number of rotatable bonds is 5. The van der Waals surface area contributed by atoms with Crippen molar-refractivity contribution >= 4 is 22.5 Å². The molecule has 0 aliphatic carbocycles. The number of halogens is 1. The van der Waals surface area contributed by atoms with Crippen LogP contribution >= 0.6 is 11.6 Å². The lowest BCUT2D eigenvalue weighted by atomic mass is 9.77. The molecule has 1 unspecified atom stereocenters. The maximum atomic E-state index is 7.07. The number of nitrogens with zero attached hydrogens (tertiary/aromatic N) is 4. The number of nitrogens with one attached hydrogen (secondary N) is 2. The van der Waals surface area contributed by atoms with Crippen molar-refractivity contribution in [1.29, 1.82) is 0 Å². The fourth-order valence-corrected chi connectivity index (χ4v) is 5.89. The highest BCUT2D eigenvalue weighted by molar-refractivity contribution is 6.37. The first-order valence-electron chi connectivity index (χ1n) is 12.5. The summed E-state index contributed by atoms with van der Waals surface area (Å²) in [4.78, 5) is 11.8. The molecule has 6 rings (SSSR count). The lowest BCUT2D eigenvalue weighted by molar-refractivity contribution is 0.0603. The molecule has 1 aromatic carbocycles. The summed E-state index contributed by atoms with van der Waals surface area (Å²) < 4.78 is 18.8. The Morgan fingerprint density at radius 2 is 1.84 bits per heavy atom. The zero-order valence-electron chi connectivity index (χ0n) is 21.7. The third-order valence-corrected chi connectivity index (χ3v) is 7.88. The largest absolute Gasteiger partial charge is 0.483 e. The third-order valence-electron chi connectivity index (χ3n) is 7.52. The number of benzene rings is 1. The molecule has 1 fully saturated rings. The van der Waals surface area contributed by atoms with Gasteiger partial charge in [0.1, 0.15) is 22.6 Å². The molecule has 37 heavy (non-hydrogen) atoms. The quantitative estimate of drug-likeness (QED) is 0.519. The van der Waals surface area contributed by atoms with Gasteiger partial charge in [0.05, 0.1) is 18.0 Å². The molecule has 194 valence electrons. The Labute approximate surface area is 221 Å². The van der Waals surface area contributed by atoms with Crippen molar-refractivity contribution < 1.29 is 14.2 Å². The average molecular weight is 523 g/mol. The van der Waals surface area contributed by atoms with E-state index < -0.39 is 5.60 Å². The van der Waals surface area contributed by atoms with Crippen LogP contribution in [0.15, 0.2) is 36.2 Å². The van der Waals surface area contributed by atoms with E-state index in [1.54, 1.807) is 7.11 Å². The van der Waals surface area contributed by atoms with E-state index in [-0.39, 0.29) is 6.10 Å². The van der Waals surface area contributed by atoms with E-state index in [2.05, 4.69) is 29.0 Å². The molecule has 0 amide bonds. The fraction of sp³-hybridized carbons (Fsp3) is 0.407. The Morgan fingerprint density at radius 1 is 1.08 bits per heavy atom. The summed E-state index contributed by atoms with van der Waals surface area (Å²) in [6.45, 7) is 5.94. The zero-order chi connectivity index (χ0) is 25.9. The van der Waals surface area contributed by atoms with Crippen LogP contribution in [0.3, 0.4) is 0 Å². The van der Waals surface area contributed by atoms with Gasteiger partial charge in [0, 0.05) is 48.9 Å². The summed E-state index contributed by atoms with van der Waals surface area (Å²) >= 11 is 7.07. The Hall–Kier alpha value is -3.27. The molecule has 0 spiro atoms. The van der Waals surface area contributed by atoms with Crippen LogP contribution in [0.4, 0.5) is 0 Å². The Kier molecular flexibility index (Phi) is 5.82. The van der Waals surface area contributed by atoms with Crippen LogP contribution in [0.25, 0.3) is 10.9 Å². The minimum absolute atomic E-state index is 0.0483. The summed E-state index contributed by atoms with van der Waals surface area (Å²) in [6.07, 6.45) is 3.79. The number of likely N-dealkylation sites (tertiary alicyclic amines) is 1. The number of fused-ring (bicyclic) bond motifs is 3. The molecular weight excluding hydrogens is 492 g/mol. The van der Waals surface area contributed by atoms with Crippen LogP contribution < -0.4 is 25.2 Å². The summed E-state index contributed by atoms with van der Waals surface area (Å²) in [6, 6.07) is 8.11. The van der Waals surface area contributed by atoms with Gasteiger partial charge in [-0.3, -0.25) is 9.99 Å². The highest BCUT2D eigenvalue weighted by Gasteiger charge is 2.55. The summed E-state index contributed by atoms with van der Waals surface area (Å²) in [5.41, 5.74) is 10.7. The first-order chi connectivity index (χ1) is 17.8. The second kappa shape index (κ2) is 8.93. The van der Waals surface area contributed by atoms with E-state index in [9.17, 15) is 0 Å². The smallest absolute Gasteiger partial charge is 0.258 e. The second-order valence-corrected chi connectivity index (χ2v) is 10.3. The normalized spacial score (nSPS) is 21.7. The Morgan fingerprint density at radius 3 is 2.51 bits per heavy atom. The zero-order valence-corrected chi connectivity index (χ0v) is 22.4. The van der Waals surface area contributed by atoms with Gasteiger partial charge in [0.15, 0.2) is 0 Å². The molecule has 2 N–H and O–H groups in total. The number of hydrazine groups is 2. The number of hydrogen-bond donors (Lipinski definition) is 2. The van der Waals surface area contributed by atoms with Gasteiger partial charge in [-0.15, -0.1) is 5.53 Å². The van der Waals surface area contributed by atoms with Crippen LogP contribution in [0.5, 0.6) is 17.4 Å². The minimum Gasteiger partial charge on any atom is -0.483 e. The van der Waals surface area contributed by atoms with Crippen molar-refractivity contribution in [2.75, 3.05) is 34.3 Å². The van der Waals surface area contributed by atoms with Crippen molar-refractivity contribution in [3.63, 3.8) is 0 Å². The predicted molar refractivity (Wildman–Crippen MR) is 142 cm³/mol. The monoisotopic (exact) mass is 522 g/mol. The highest BCUT2D eigenvalue weighted by Crippen LogP contribution is 2.58. The van der Waals surface area contributed by atoms with Gasteiger partial charge in [0.2, 0.25) is 11.4 Å². The minimum atomic E-state index is -0.863. The van der Waals surface area contributed by atoms with Crippen LogP contribution in [0, 0.1) is 13.8 Å². The summed E-state index contributed by atoms with van der Waals surface area (Å²) in [7, 11) is 5.66. The topological polar surface area (TPSA) is 84.0 Å². The molecule has 3 aliphatic rings.